The van der Waals surface area contributed by atoms with Crippen LogP contribution in [0, 0.1) is 0 Å². The lowest BCUT2D eigenvalue weighted by atomic mass is 10.3. The van der Waals surface area contributed by atoms with Gasteiger partial charge in [0.25, 0.3) is 0 Å². The molecule has 0 atom stereocenters. The van der Waals surface area contributed by atoms with Crippen LogP contribution in [0.5, 0.6) is 0 Å². The maximum Gasteiger partial charge on any atom is 0.466 e. The lowest BCUT2D eigenvalue weighted by Gasteiger charge is -1.91. The number of nitrogens with zero attached hydrogens (tertiary/aromatic N) is 2. The van der Waals surface area contributed by atoms with Gasteiger partial charge in [0.1, 0.15) is 0 Å². The van der Waals surface area contributed by atoms with Crippen molar-refractivity contribution >= 4 is 19.2 Å². The molecule has 19 heavy (non-hydrogen) atoms. The van der Waals surface area contributed by atoms with Crippen LogP contribution in [0.2, 0.25) is 0 Å². The van der Waals surface area contributed by atoms with Gasteiger partial charge in [-0.3, -0.25) is 0 Å². The number of rotatable bonds is 2. The molecule has 0 radical (unpaired) electrons. The van der Waals surface area contributed by atoms with E-state index >= 15 is 0 Å². The minimum absolute atomic E-state index is 0.872. The minimum atomic E-state index is -4.64. The number of benzene rings is 2. The molecule has 0 fully saturated rings. The van der Waals surface area contributed by atoms with Crippen LogP contribution < -0.4 is 0 Å². The van der Waals surface area contributed by atoms with Crippen LogP contribution in [-0.2, 0) is 4.57 Å². The van der Waals surface area contributed by atoms with Crippen molar-refractivity contribution in [3.05, 3.63) is 60.7 Å². The Hall–Kier alpha value is -1.85. The molecule has 6 nitrogen and oxygen atoms in total. The molecule has 0 spiro atoms. The fraction of sp³-hybridized carbons (Fsp3) is 0. The Balaban J connectivity index is 0.000000312. The molecule has 0 aliphatic carbocycles. The second-order valence-corrected chi connectivity index (χ2v) is 4.41. The molecule has 0 unspecified atom stereocenters. The summed E-state index contributed by atoms with van der Waals surface area (Å²) in [6.07, 6.45) is 0. The molecule has 0 heterocycles. The second-order valence-electron chi connectivity index (χ2n) is 3.38. The molecule has 3 N–H and O–H groups in total. The fourth-order valence-corrected chi connectivity index (χ4v) is 1.10. The lowest BCUT2D eigenvalue weighted by Crippen LogP contribution is -1.66. The monoisotopic (exact) mass is 280 g/mol. The van der Waals surface area contributed by atoms with Crippen LogP contribution in [0.15, 0.2) is 70.9 Å². The van der Waals surface area contributed by atoms with Crippen LogP contribution in [-0.4, -0.2) is 14.7 Å². The molecule has 7 heteroatoms. The fourth-order valence-electron chi connectivity index (χ4n) is 1.10. The van der Waals surface area contributed by atoms with Crippen LogP contribution in [0.4, 0.5) is 11.4 Å². The van der Waals surface area contributed by atoms with Gasteiger partial charge >= 0.3 is 7.82 Å². The van der Waals surface area contributed by atoms with Crippen molar-refractivity contribution in [3.8, 4) is 0 Å². The van der Waals surface area contributed by atoms with Crippen molar-refractivity contribution in [1.82, 2.24) is 0 Å². The molecule has 0 bridgehead atoms. The molecule has 100 valence electrons. The predicted octanol–water partition coefficient (Wildman–Crippen LogP) is 3.17. The van der Waals surface area contributed by atoms with Crippen molar-refractivity contribution in [2.24, 2.45) is 10.2 Å². The number of hydrogen-bond donors (Lipinski definition) is 3. The first-order valence-corrected chi connectivity index (χ1v) is 6.82. The molecule has 0 saturated heterocycles. The van der Waals surface area contributed by atoms with E-state index in [2.05, 4.69) is 10.2 Å². The van der Waals surface area contributed by atoms with E-state index in [1.54, 1.807) is 0 Å². The van der Waals surface area contributed by atoms with Crippen LogP contribution >= 0.6 is 7.82 Å². The van der Waals surface area contributed by atoms with Crippen LogP contribution in [0.1, 0.15) is 0 Å². The van der Waals surface area contributed by atoms with Crippen molar-refractivity contribution < 1.29 is 19.2 Å². The molecule has 0 aliphatic rings. The first-order chi connectivity index (χ1) is 8.95. The van der Waals surface area contributed by atoms with E-state index in [9.17, 15) is 0 Å². The van der Waals surface area contributed by atoms with Crippen LogP contribution in [0.3, 0.4) is 0 Å². The summed E-state index contributed by atoms with van der Waals surface area (Å²) in [6.45, 7) is 0. The summed E-state index contributed by atoms with van der Waals surface area (Å²) in [5.74, 6) is 0. The topological polar surface area (TPSA) is 102 Å². The Morgan fingerprint density at radius 1 is 0.684 bits per heavy atom. The summed E-state index contributed by atoms with van der Waals surface area (Å²) in [6, 6.07) is 19.4. The van der Waals surface area contributed by atoms with Gasteiger partial charge in [-0.1, -0.05) is 36.4 Å². The Morgan fingerprint density at radius 2 is 0.947 bits per heavy atom. The summed E-state index contributed by atoms with van der Waals surface area (Å²) >= 11 is 0. The molecule has 0 aromatic heterocycles. The normalized spacial score (nSPS) is 10.9. The van der Waals surface area contributed by atoms with Crippen molar-refractivity contribution in [1.29, 1.82) is 0 Å². The Kier molecular flexibility index (Phi) is 6.05. The number of azo groups is 1. The van der Waals surface area contributed by atoms with Gasteiger partial charge < -0.3 is 14.7 Å². The van der Waals surface area contributed by atoms with Gasteiger partial charge in [0.2, 0.25) is 0 Å². The lowest BCUT2D eigenvalue weighted by molar-refractivity contribution is 0.275. The smallest absolute Gasteiger partial charge is 0.303 e. The first kappa shape index (κ1) is 15.2. The predicted molar refractivity (Wildman–Crippen MR) is 71.3 cm³/mol. The number of hydrogen-bond acceptors (Lipinski definition) is 3. The molecule has 0 aliphatic heterocycles. The van der Waals surface area contributed by atoms with Gasteiger partial charge in [0.15, 0.2) is 0 Å². The summed E-state index contributed by atoms with van der Waals surface area (Å²) < 4.78 is 8.88. The summed E-state index contributed by atoms with van der Waals surface area (Å²) in [7, 11) is -4.64. The van der Waals surface area contributed by atoms with Crippen LogP contribution in [0.25, 0.3) is 0 Å². The highest BCUT2D eigenvalue weighted by atomic mass is 31.2. The zero-order valence-corrected chi connectivity index (χ0v) is 10.8. The van der Waals surface area contributed by atoms with E-state index in [1.165, 1.54) is 0 Å². The standard InChI is InChI=1S/C12H10N2.H3O4P/c1-3-7-11(8-4-1)13-14-12-9-5-2-6-10-12;1-5(2,3)4/h1-10H;(H3,1,2,3,4). The zero-order valence-electron chi connectivity index (χ0n) is 9.87. The van der Waals surface area contributed by atoms with Gasteiger partial charge in [-0.15, -0.1) is 0 Å². The van der Waals surface area contributed by atoms with Gasteiger partial charge in [-0.05, 0) is 24.3 Å². The van der Waals surface area contributed by atoms with E-state index in [-0.39, 0.29) is 0 Å². The minimum Gasteiger partial charge on any atom is -0.303 e. The van der Waals surface area contributed by atoms with Crippen molar-refractivity contribution in [2.45, 2.75) is 0 Å². The molecule has 0 saturated carbocycles. The molecule has 2 rings (SSSR count). The van der Waals surface area contributed by atoms with Crippen molar-refractivity contribution in [2.75, 3.05) is 0 Å². The van der Waals surface area contributed by atoms with E-state index in [0.717, 1.165) is 11.4 Å². The Bertz CT molecular complexity index is 505. The van der Waals surface area contributed by atoms with E-state index < -0.39 is 7.82 Å². The largest absolute Gasteiger partial charge is 0.466 e. The van der Waals surface area contributed by atoms with E-state index in [4.69, 9.17) is 19.2 Å². The van der Waals surface area contributed by atoms with E-state index in [0.29, 0.717) is 0 Å². The molecule has 2 aromatic rings. The molecule has 2 aromatic carbocycles. The highest BCUT2D eigenvalue weighted by Gasteiger charge is 2.00. The van der Waals surface area contributed by atoms with Crippen molar-refractivity contribution in [3.63, 3.8) is 0 Å². The van der Waals surface area contributed by atoms with Gasteiger partial charge in [0, 0.05) is 0 Å². The SMILES string of the molecule is O=P(O)(O)O.c1ccc(N=Nc2ccccc2)cc1. The highest BCUT2D eigenvalue weighted by Crippen LogP contribution is 2.25. The molecular weight excluding hydrogens is 267 g/mol. The summed E-state index contributed by atoms with van der Waals surface area (Å²) in [4.78, 5) is 21.6. The summed E-state index contributed by atoms with van der Waals surface area (Å²) in [5.41, 5.74) is 1.74. The van der Waals surface area contributed by atoms with Gasteiger partial charge in [-0.2, -0.15) is 10.2 Å². The Labute approximate surface area is 110 Å². The molecular formula is C12H13N2O4P. The zero-order chi connectivity index (χ0) is 14.1. The maximum absolute atomic E-state index is 8.88. The second kappa shape index (κ2) is 7.56. The summed E-state index contributed by atoms with van der Waals surface area (Å²) in [5, 5.41) is 8.20. The quantitative estimate of drug-likeness (QED) is 0.580. The number of phosphoric acid groups is 1. The third kappa shape index (κ3) is 8.82. The van der Waals surface area contributed by atoms with Gasteiger partial charge in [-0.25, -0.2) is 4.57 Å². The third-order valence-corrected chi connectivity index (χ3v) is 1.79. The molecule has 0 amide bonds. The first-order valence-electron chi connectivity index (χ1n) is 5.25. The van der Waals surface area contributed by atoms with E-state index in [1.807, 2.05) is 60.7 Å². The maximum atomic E-state index is 8.88. The third-order valence-electron chi connectivity index (χ3n) is 1.79. The Morgan fingerprint density at radius 3 is 1.21 bits per heavy atom. The average Bonchev–Trinajstić information content (AvgIpc) is 2.37. The highest BCUT2D eigenvalue weighted by molar-refractivity contribution is 7.45. The average molecular weight is 280 g/mol. The van der Waals surface area contributed by atoms with Gasteiger partial charge in [0.05, 0.1) is 11.4 Å².